The molecule has 0 aliphatic heterocycles. The lowest BCUT2D eigenvalue weighted by atomic mass is 10.3. The summed E-state index contributed by atoms with van der Waals surface area (Å²) < 4.78 is 19.1. The number of aliphatic hydroxyl groups is 1. The summed E-state index contributed by atoms with van der Waals surface area (Å²) in [5.74, 6) is 0.0651. The molecule has 0 aliphatic rings. The first-order chi connectivity index (χ1) is 8.60. The number of aliphatic hydroxyl groups excluding tert-OH is 1. The van der Waals surface area contributed by atoms with Gasteiger partial charge < -0.3 is 9.84 Å². The maximum Gasteiger partial charge on any atom is 0.224 e. The predicted octanol–water partition coefficient (Wildman–Crippen LogP) is 3.92. The fourth-order valence-electron chi connectivity index (χ4n) is 1.34. The monoisotopic (exact) mass is 331 g/mol. The van der Waals surface area contributed by atoms with Gasteiger partial charge >= 0.3 is 0 Å². The number of hydrogen-bond acceptors (Lipinski definition) is 3. The van der Waals surface area contributed by atoms with Gasteiger partial charge in [-0.15, -0.1) is 0 Å². The van der Waals surface area contributed by atoms with Crippen LogP contribution in [0.2, 0.25) is 5.02 Å². The van der Waals surface area contributed by atoms with Crippen molar-refractivity contribution < 1.29 is 14.2 Å². The number of aromatic nitrogens is 1. The molecule has 2 rings (SSSR count). The first-order valence-corrected chi connectivity index (χ1v) is 6.15. The quantitative estimate of drug-likeness (QED) is 0.926. The van der Waals surface area contributed by atoms with E-state index in [9.17, 15) is 9.50 Å². The molecule has 0 saturated carbocycles. The van der Waals surface area contributed by atoms with Gasteiger partial charge in [-0.25, -0.2) is 9.37 Å². The summed E-state index contributed by atoms with van der Waals surface area (Å²) in [6.45, 7) is -0.222. The Bertz CT molecular complexity index is 580. The van der Waals surface area contributed by atoms with Crippen LogP contribution < -0.4 is 4.74 Å². The standard InChI is InChI=1S/C12H8BrClFNO2/c13-8-3-7(6-17)12(16-5-8)18-11-2-1-9(15)4-10(11)14/h1-5,17H,6H2. The second-order valence-corrected chi connectivity index (χ2v) is 4.78. The van der Waals surface area contributed by atoms with Crippen LogP contribution in [0, 0.1) is 5.82 Å². The lowest BCUT2D eigenvalue weighted by molar-refractivity contribution is 0.275. The number of nitrogens with zero attached hydrogens (tertiary/aromatic N) is 1. The summed E-state index contributed by atoms with van der Waals surface area (Å²) in [6.07, 6.45) is 1.53. The van der Waals surface area contributed by atoms with Gasteiger partial charge in [-0.05, 0) is 40.2 Å². The van der Waals surface area contributed by atoms with E-state index in [0.29, 0.717) is 5.56 Å². The molecule has 1 aromatic carbocycles. The second kappa shape index (κ2) is 5.65. The molecule has 0 bridgehead atoms. The van der Waals surface area contributed by atoms with Crippen LogP contribution in [-0.4, -0.2) is 10.1 Å². The van der Waals surface area contributed by atoms with Crippen molar-refractivity contribution in [1.29, 1.82) is 0 Å². The Balaban J connectivity index is 2.33. The predicted molar refractivity (Wildman–Crippen MR) is 69.3 cm³/mol. The highest BCUT2D eigenvalue weighted by Crippen LogP contribution is 2.31. The van der Waals surface area contributed by atoms with Crippen molar-refractivity contribution in [2.24, 2.45) is 0 Å². The minimum absolute atomic E-state index is 0.142. The van der Waals surface area contributed by atoms with E-state index >= 15 is 0 Å². The normalized spacial score (nSPS) is 10.4. The molecule has 0 radical (unpaired) electrons. The highest BCUT2D eigenvalue weighted by Gasteiger charge is 2.10. The van der Waals surface area contributed by atoms with Crippen LogP contribution in [-0.2, 0) is 6.61 Å². The molecule has 3 nitrogen and oxygen atoms in total. The molecule has 0 amide bonds. The summed E-state index contributed by atoms with van der Waals surface area (Å²) in [4.78, 5) is 4.03. The molecule has 0 fully saturated rings. The van der Waals surface area contributed by atoms with Crippen LogP contribution in [0.3, 0.4) is 0 Å². The Morgan fingerprint density at radius 1 is 1.39 bits per heavy atom. The van der Waals surface area contributed by atoms with E-state index in [1.807, 2.05) is 0 Å². The van der Waals surface area contributed by atoms with Gasteiger partial charge in [0.1, 0.15) is 11.6 Å². The zero-order valence-corrected chi connectivity index (χ0v) is 11.4. The fraction of sp³-hybridized carbons (Fsp3) is 0.0833. The lowest BCUT2D eigenvalue weighted by Gasteiger charge is -2.10. The van der Waals surface area contributed by atoms with E-state index in [-0.39, 0.29) is 23.3 Å². The number of rotatable bonds is 3. The van der Waals surface area contributed by atoms with E-state index in [1.165, 1.54) is 18.3 Å². The van der Waals surface area contributed by atoms with E-state index in [1.54, 1.807) is 6.07 Å². The molecule has 1 N–H and O–H groups in total. The summed E-state index contributed by atoms with van der Waals surface area (Å²) >= 11 is 9.08. The highest BCUT2D eigenvalue weighted by molar-refractivity contribution is 9.10. The molecular formula is C12H8BrClFNO2. The maximum absolute atomic E-state index is 12.9. The number of pyridine rings is 1. The molecule has 94 valence electrons. The van der Waals surface area contributed by atoms with E-state index < -0.39 is 5.82 Å². The van der Waals surface area contributed by atoms with Crippen molar-refractivity contribution in [1.82, 2.24) is 4.98 Å². The molecular weight excluding hydrogens is 324 g/mol. The third-order valence-corrected chi connectivity index (χ3v) is 2.89. The zero-order valence-electron chi connectivity index (χ0n) is 9.03. The van der Waals surface area contributed by atoms with E-state index in [2.05, 4.69) is 20.9 Å². The van der Waals surface area contributed by atoms with Gasteiger partial charge in [0, 0.05) is 16.2 Å². The molecule has 6 heteroatoms. The summed E-state index contributed by atoms with van der Waals surface area (Å²) in [7, 11) is 0. The van der Waals surface area contributed by atoms with Crippen molar-refractivity contribution in [3.8, 4) is 11.6 Å². The van der Waals surface area contributed by atoms with Gasteiger partial charge in [0.25, 0.3) is 0 Å². The minimum Gasteiger partial charge on any atom is -0.437 e. The lowest BCUT2D eigenvalue weighted by Crippen LogP contribution is -1.95. The number of benzene rings is 1. The summed E-state index contributed by atoms with van der Waals surface area (Å²) in [5.41, 5.74) is 0.504. The minimum atomic E-state index is -0.446. The Labute approximate surface area is 116 Å². The Hall–Kier alpha value is -1.17. The molecule has 0 unspecified atom stereocenters. The van der Waals surface area contributed by atoms with Gasteiger partial charge in [-0.2, -0.15) is 0 Å². The summed E-state index contributed by atoms with van der Waals surface area (Å²) in [5, 5.41) is 9.34. The Kier molecular flexibility index (Phi) is 4.16. The third kappa shape index (κ3) is 2.98. The van der Waals surface area contributed by atoms with Gasteiger partial charge in [0.15, 0.2) is 0 Å². The molecule has 2 aromatic rings. The van der Waals surface area contributed by atoms with Crippen LogP contribution in [0.4, 0.5) is 4.39 Å². The van der Waals surface area contributed by atoms with Crippen molar-refractivity contribution in [3.63, 3.8) is 0 Å². The zero-order chi connectivity index (χ0) is 13.1. The topological polar surface area (TPSA) is 42.4 Å². The van der Waals surface area contributed by atoms with Crippen LogP contribution in [0.25, 0.3) is 0 Å². The van der Waals surface area contributed by atoms with Gasteiger partial charge in [0.05, 0.1) is 11.6 Å². The Morgan fingerprint density at radius 2 is 2.17 bits per heavy atom. The van der Waals surface area contributed by atoms with E-state index in [4.69, 9.17) is 16.3 Å². The molecule has 0 spiro atoms. The largest absolute Gasteiger partial charge is 0.437 e. The van der Waals surface area contributed by atoms with E-state index in [0.717, 1.165) is 10.5 Å². The van der Waals surface area contributed by atoms with Crippen molar-refractivity contribution in [2.75, 3.05) is 0 Å². The fourth-order valence-corrected chi connectivity index (χ4v) is 1.92. The molecule has 1 aromatic heterocycles. The molecule has 1 heterocycles. The van der Waals surface area contributed by atoms with Gasteiger partial charge in [-0.1, -0.05) is 11.6 Å². The van der Waals surface area contributed by atoms with Crippen molar-refractivity contribution in [2.45, 2.75) is 6.61 Å². The van der Waals surface area contributed by atoms with Crippen molar-refractivity contribution in [3.05, 3.63) is 51.3 Å². The average Bonchev–Trinajstić information content (AvgIpc) is 2.34. The maximum atomic E-state index is 12.9. The first kappa shape index (κ1) is 13.3. The second-order valence-electron chi connectivity index (χ2n) is 3.45. The van der Waals surface area contributed by atoms with Crippen LogP contribution in [0.5, 0.6) is 11.6 Å². The summed E-state index contributed by atoms with van der Waals surface area (Å²) in [6, 6.07) is 5.47. The molecule has 0 saturated heterocycles. The molecule has 0 atom stereocenters. The highest BCUT2D eigenvalue weighted by atomic mass is 79.9. The van der Waals surface area contributed by atoms with Gasteiger partial charge in [0.2, 0.25) is 5.88 Å². The Morgan fingerprint density at radius 3 is 2.83 bits per heavy atom. The SMILES string of the molecule is OCc1cc(Br)cnc1Oc1ccc(F)cc1Cl. The molecule has 0 aliphatic carbocycles. The van der Waals surface area contributed by atoms with Gasteiger partial charge in [-0.3, -0.25) is 0 Å². The number of halogens is 3. The van der Waals surface area contributed by atoms with Crippen molar-refractivity contribution >= 4 is 27.5 Å². The number of hydrogen-bond donors (Lipinski definition) is 1. The third-order valence-electron chi connectivity index (χ3n) is 2.16. The van der Waals surface area contributed by atoms with Crippen LogP contribution >= 0.6 is 27.5 Å². The first-order valence-electron chi connectivity index (χ1n) is 4.98. The molecule has 18 heavy (non-hydrogen) atoms. The van der Waals surface area contributed by atoms with Crippen LogP contribution in [0.15, 0.2) is 34.9 Å². The smallest absolute Gasteiger partial charge is 0.224 e. The van der Waals surface area contributed by atoms with Crippen LogP contribution in [0.1, 0.15) is 5.56 Å². The average molecular weight is 333 g/mol. The number of ether oxygens (including phenoxy) is 1.